The van der Waals surface area contributed by atoms with E-state index in [1.165, 1.54) is 44.9 Å². The standard InChI is InChI=1S/C30H29N8O9P.C30H28N7O9P.C29H28N5O10P/c1-2-30(47-48(42,43)45-12-21-20(39)9-22(46-21)38-13-33-24-25(31)35-29(32)36-26(24)38)17-8-19-23-15(7-14-5-3-4-6-18(14)34-23)10-37(19)27(40)16(17)11-44-28(30)41;1-2-30(46-47(41,42)44-12-22-21(38)9-23(45-22)37-14-34-25-26(31)32-13-33-27(25)37)18-8-20-24-16(7-15-5-3-4-6-19(15)35-24)10-36(20)28(39)17(18)11-43-29(30)40;1-2-29(44-45(39,40)42-14-22-21(35)11-24(43-22)33-8-7-23(30)32-28(33)38)18-10-20-25-16(9-15-5-3-4-6-19(15)31-25)12-34(20)26(36)17(18)13-41-27(29)37/h3-8,13,20-22,39H,2,9-12H2,1H3,(H,42,43)(H4,31,32,35,36);3-8,13-14,21-23,38H,2,9-12H2,1H3,(H,41,42)(H2,31,32,33);3-10,21-22,24,35H,2,11-14H2,1H3,(H,39,40)(H2,30,32,38)/t20-,21+,22+,30-;21-,22+,23+,30-;21-,22+,24+,29-/m000/s1. The fourth-order valence-corrected chi connectivity index (χ4v) is 22.6. The maximum absolute atomic E-state index is 13.8. The smallest absolute Gasteiger partial charge is 0.458 e. The number of phosphoric ester groups is 3. The van der Waals surface area contributed by atoms with E-state index in [4.69, 9.17) is 93.5 Å². The first-order valence-corrected chi connectivity index (χ1v) is 48.6. The number of aromatic nitrogens is 16. The molecule has 3 saturated heterocycles. The molecule has 3 fully saturated rings. The molecule has 0 amide bonds. The summed E-state index contributed by atoms with van der Waals surface area (Å²) in [6.07, 6.45) is -4.01. The predicted octanol–water partition coefficient (Wildman–Crippen LogP) is 5.87. The summed E-state index contributed by atoms with van der Waals surface area (Å²) in [5, 5.41) is 34.7. The molecule has 48 nitrogen and oxygen atoms in total. The quantitative estimate of drug-likeness (QED) is 0.0228. The molecule has 14 aromatic rings. The van der Waals surface area contributed by atoms with Crippen molar-refractivity contribution in [1.82, 2.24) is 77.2 Å². The van der Waals surface area contributed by atoms with E-state index in [-0.39, 0.29) is 146 Å². The number of esters is 3. The number of nitrogens with zero attached hydrogens (tertiary/aromatic N) is 16. The predicted molar refractivity (Wildman–Crippen MR) is 488 cm³/mol. The monoisotopic (exact) mass is 1970 g/mol. The van der Waals surface area contributed by atoms with Crippen LogP contribution in [0, 0.1) is 0 Å². The number of anilines is 4. The van der Waals surface area contributed by atoms with Crippen molar-refractivity contribution in [3.8, 4) is 34.2 Å². The van der Waals surface area contributed by atoms with Crippen LogP contribution in [0.25, 0.3) is 89.2 Å². The Bertz CT molecular complexity index is 8000. The van der Waals surface area contributed by atoms with Crippen molar-refractivity contribution in [2.24, 2.45) is 0 Å². The van der Waals surface area contributed by atoms with Gasteiger partial charge in [0.1, 0.15) is 80.0 Å². The number of imidazole rings is 2. The number of cyclic esters (lactones) is 3. The fourth-order valence-electron chi connectivity index (χ4n) is 19.4. The van der Waals surface area contributed by atoms with Crippen LogP contribution in [0.3, 0.4) is 0 Å². The Morgan fingerprint density at radius 2 is 0.786 bits per heavy atom. The molecule has 0 radical (unpaired) electrons. The number of pyridine rings is 6. The molecule has 724 valence electrons. The number of hydrogen-bond acceptors (Lipinski definition) is 39. The van der Waals surface area contributed by atoms with Crippen molar-refractivity contribution in [3.05, 3.63) is 232 Å². The molecule has 0 spiro atoms. The zero-order valence-electron chi connectivity index (χ0n) is 74.1. The molecule has 0 aliphatic carbocycles. The molecule has 20 heterocycles. The number of aliphatic hydroxyl groups is 3. The van der Waals surface area contributed by atoms with Gasteiger partial charge in [-0.3, -0.25) is 55.2 Å². The number of rotatable bonds is 21. The van der Waals surface area contributed by atoms with Gasteiger partial charge in [0.05, 0.1) is 138 Å². The first-order chi connectivity index (χ1) is 67.0. The van der Waals surface area contributed by atoms with E-state index >= 15 is 0 Å². The molecule has 23 rings (SSSR count). The van der Waals surface area contributed by atoms with Crippen LogP contribution in [0.2, 0.25) is 0 Å². The lowest BCUT2D eigenvalue weighted by Gasteiger charge is -2.36. The molecule has 3 aromatic carbocycles. The van der Waals surface area contributed by atoms with Crippen molar-refractivity contribution in [2.45, 2.75) is 171 Å². The second-order valence-electron chi connectivity index (χ2n) is 34.6. The first kappa shape index (κ1) is 92.8. The van der Waals surface area contributed by atoms with E-state index in [0.29, 0.717) is 45.3 Å². The minimum atomic E-state index is -5.07. The Hall–Kier alpha value is -13.6. The number of nitrogen functional groups attached to an aromatic ring is 4. The molecule has 3 unspecified atom stereocenters. The minimum Gasteiger partial charge on any atom is -0.458 e. The highest BCUT2D eigenvalue weighted by Gasteiger charge is 2.57. The molecular formula is C89H85N20O28P3. The maximum atomic E-state index is 13.8. The van der Waals surface area contributed by atoms with Crippen LogP contribution in [-0.2, 0) is 140 Å². The number of hydrogen-bond donors (Lipinski definition) is 10. The van der Waals surface area contributed by atoms with E-state index in [1.54, 1.807) is 48.1 Å². The van der Waals surface area contributed by atoms with Gasteiger partial charge in [-0.05, 0) is 79.9 Å². The lowest BCUT2D eigenvalue weighted by molar-refractivity contribution is -0.171. The summed E-state index contributed by atoms with van der Waals surface area (Å²) in [6, 6.07) is 34.7. The Labute approximate surface area is 786 Å². The van der Waals surface area contributed by atoms with E-state index in [2.05, 4.69) is 34.9 Å². The van der Waals surface area contributed by atoms with Crippen LogP contribution >= 0.6 is 23.5 Å². The average molecular weight is 1980 g/mol. The SMILES string of the molecule is CC[C@@]1(OP(=O)(O)OC[C@H]2O[C@@H](n3ccc(N)nc3=O)C[C@@H]2O)C(=O)OCc2c1cc1n(c2=O)Cc2cc3ccccc3nc2-1.CC[C@@]1(OP(=O)(O)OC[C@H]2O[C@@H](n3cnc4c(N)nc(N)nc43)C[C@@H]2O)C(=O)OCc2c1cc1n(c2=O)Cc2cc3ccccc3nc2-1.CC[C@@]1(OP(=O)(O)OC[C@H]2O[C@@H](n3cnc4c(N)ncnc43)C[C@@H]2O)C(=O)OCc2c1cc1n(c2=O)Cc2cc3ccccc3nc2-1. The van der Waals surface area contributed by atoms with Crippen LogP contribution in [0.4, 0.5) is 23.4 Å². The molecule has 0 saturated carbocycles. The second-order valence-corrected chi connectivity index (χ2v) is 38.7. The molecule has 0 bridgehead atoms. The maximum Gasteiger partial charge on any atom is 0.473 e. The van der Waals surface area contributed by atoms with Crippen LogP contribution in [0.15, 0.2) is 160 Å². The Morgan fingerprint density at radius 3 is 1.16 bits per heavy atom. The fraction of sp³-hybridized carbons (Fsp3) is 0.337. The normalized spacial score (nSPS) is 24.6. The summed E-state index contributed by atoms with van der Waals surface area (Å²) in [7, 11) is -15.2. The lowest BCUT2D eigenvalue weighted by atomic mass is 9.86. The van der Waals surface area contributed by atoms with Crippen LogP contribution in [-0.4, -0.2) is 182 Å². The number of carbonyl (C=O) groups is 3. The van der Waals surface area contributed by atoms with Gasteiger partial charge in [-0.1, -0.05) is 75.4 Å². The summed E-state index contributed by atoms with van der Waals surface area (Å²) in [4.78, 5) is 169. The molecule has 140 heavy (non-hydrogen) atoms. The zero-order chi connectivity index (χ0) is 97.9. The number of para-hydroxylation sites is 3. The highest BCUT2D eigenvalue weighted by molar-refractivity contribution is 7.48. The van der Waals surface area contributed by atoms with Crippen molar-refractivity contribution in [3.63, 3.8) is 0 Å². The topological polar surface area (TPSA) is 665 Å². The molecule has 9 aliphatic heterocycles. The van der Waals surface area contributed by atoms with Gasteiger partial charge in [0.15, 0.2) is 22.9 Å². The van der Waals surface area contributed by atoms with Crippen molar-refractivity contribution in [1.29, 1.82) is 0 Å². The lowest BCUT2D eigenvalue weighted by Crippen LogP contribution is -2.46. The molecule has 11 aromatic heterocycles. The summed E-state index contributed by atoms with van der Waals surface area (Å²) in [5.41, 5.74) is 24.2. The summed E-state index contributed by atoms with van der Waals surface area (Å²) in [6.45, 7) is 2.69. The third-order valence-electron chi connectivity index (χ3n) is 26.4. The number of aliphatic hydroxyl groups excluding tert-OH is 3. The largest absolute Gasteiger partial charge is 0.473 e. The van der Waals surface area contributed by atoms with Crippen molar-refractivity contribution >= 4 is 120 Å². The molecule has 9 aliphatic rings. The summed E-state index contributed by atoms with van der Waals surface area (Å²) < 4.78 is 115. The van der Waals surface area contributed by atoms with Gasteiger partial charge in [0, 0.05) is 75.0 Å². The van der Waals surface area contributed by atoms with Crippen LogP contribution in [0.1, 0.15) is 128 Å². The second kappa shape index (κ2) is 35.0. The zero-order valence-corrected chi connectivity index (χ0v) is 76.7. The average Bonchev–Trinajstić information content (AvgIpc) is 1.41. The van der Waals surface area contributed by atoms with E-state index in [1.807, 2.05) is 91.0 Å². The summed E-state index contributed by atoms with van der Waals surface area (Å²) >= 11 is 0. The number of ether oxygens (including phenoxy) is 6. The molecular weight excluding hydrogens is 1890 g/mol. The van der Waals surface area contributed by atoms with Crippen LogP contribution < -0.4 is 45.3 Å². The van der Waals surface area contributed by atoms with Gasteiger partial charge in [-0.2, -0.15) is 15.0 Å². The first-order valence-electron chi connectivity index (χ1n) is 44.1. The number of fused-ring (bicyclic) bond motifs is 17. The van der Waals surface area contributed by atoms with Gasteiger partial charge in [0.25, 0.3) is 16.7 Å². The number of phosphoric acid groups is 3. The molecule has 15 atom stereocenters. The van der Waals surface area contributed by atoms with Gasteiger partial charge in [0.2, 0.25) is 22.8 Å². The highest BCUT2D eigenvalue weighted by atomic mass is 31.2. The third kappa shape index (κ3) is 16.0. The summed E-state index contributed by atoms with van der Waals surface area (Å²) in [5.74, 6) is -2.66. The number of carbonyl (C=O) groups excluding carboxylic acids is 3. The van der Waals surface area contributed by atoms with Gasteiger partial charge >= 0.3 is 47.1 Å². The number of nitrogens with two attached hydrogens (primary N) is 4. The van der Waals surface area contributed by atoms with Gasteiger partial charge < -0.3 is 95.1 Å². The molecule has 14 N–H and O–H groups in total. The van der Waals surface area contributed by atoms with Crippen molar-refractivity contribution in [2.75, 3.05) is 42.8 Å². The van der Waals surface area contributed by atoms with Crippen molar-refractivity contribution < 1.29 is 114 Å². The van der Waals surface area contributed by atoms with E-state index in [0.717, 1.165) is 54.0 Å². The highest BCUT2D eigenvalue weighted by Crippen LogP contribution is 2.59. The third-order valence-corrected chi connectivity index (χ3v) is 29.5. The van der Waals surface area contributed by atoms with E-state index < -0.39 is 156 Å². The van der Waals surface area contributed by atoms with Crippen LogP contribution in [0.5, 0.6) is 0 Å². The molecule has 51 heteroatoms. The number of benzene rings is 3. The Balaban J connectivity index is 0.000000125. The minimum absolute atomic E-state index is 0.0160. The Kier molecular flexibility index (Phi) is 23.2. The van der Waals surface area contributed by atoms with Gasteiger partial charge in [-0.15, -0.1) is 0 Å². The Morgan fingerprint density at radius 1 is 0.429 bits per heavy atom. The van der Waals surface area contributed by atoms with E-state index in [9.17, 15) is 77.3 Å². The van der Waals surface area contributed by atoms with Gasteiger partial charge in [-0.25, -0.2) is 67.8 Å².